The second kappa shape index (κ2) is 14.6. The first-order valence-corrected chi connectivity index (χ1v) is 14.6. The van der Waals surface area contributed by atoms with Crippen LogP contribution in [0, 0.1) is 11.8 Å². The van der Waals surface area contributed by atoms with E-state index in [4.69, 9.17) is 9.47 Å². The van der Waals surface area contributed by atoms with Gasteiger partial charge in [-0.3, -0.25) is 14.2 Å². The van der Waals surface area contributed by atoms with Gasteiger partial charge in [-0.1, -0.05) is 51.6 Å². The van der Waals surface area contributed by atoms with E-state index in [1.165, 1.54) is 27.8 Å². The van der Waals surface area contributed by atoms with E-state index in [-0.39, 0.29) is 42.8 Å². The van der Waals surface area contributed by atoms with Gasteiger partial charge >= 0.3 is 17.8 Å². The Balaban J connectivity index is 1.86. The minimum atomic E-state index is -5.01. The van der Waals surface area contributed by atoms with E-state index in [1.807, 2.05) is 13.2 Å². The van der Waals surface area contributed by atoms with E-state index in [9.17, 15) is 32.7 Å². The quantitative estimate of drug-likeness (QED) is 0.163. The summed E-state index contributed by atoms with van der Waals surface area (Å²) in [5.41, 5.74) is -0.587. The molecule has 0 aliphatic carbocycles. The maximum absolute atomic E-state index is 13.0. The topological polar surface area (TPSA) is 132 Å². The Morgan fingerprint density at radius 1 is 1.32 bits per heavy atom. The molecule has 2 aromatic rings. The zero-order valence-corrected chi connectivity index (χ0v) is 23.1. The maximum Gasteiger partial charge on any atom is 0.471 e. The molecule has 216 valence electrons. The van der Waals surface area contributed by atoms with Crippen molar-refractivity contribution in [1.29, 1.82) is 0 Å². The lowest BCUT2D eigenvalue weighted by atomic mass is 10.2. The number of carbonyl (C=O) groups excluding carboxylic acids is 2. The fraction of sp³-hybridized carbons (Fsp3) is 0.440. The molecule has 10 nitrogen and oxygen atoms in total. The molecule has 40 heavy (non-hydrogen) atoms. The Morgan fingerprint density at radius 3 is 2.70 bits per heavy atom. The Labute approximate surface area is 235 Å². The molecule has 3 N–H and O–H groups in total. The molecule has 15 heteroatoms. The molecule has 2 heterocycles. The van der Waals surface area contributed by atoms with Gasteiger partial charge in [-0.2, -0.15) is 18.2 Å². The summed E-state index contributed by atoms with van der Waals surface area (Å²) in [5, 5.41) is 14.0. The number of anilines is 1. The smallest absolute Gasteiger partial charge is 0.394 e. The van der Waals surface area contributed by atoms with Crippen LogP contribution in [0.3, 0.4) is 0 Å². The molecule has 1 aromatic heterocycles. The van der Waals surface area contributed by atoms with Crippen LogP contribution >= 0.6 is 21.6 Å². The van der Waals surface area contributed by atoms with Crippen molar-refractivity contribution in [3.63, 3.8) is 0 Å². The van der Waals surface area contributed by atoms with E-state index < -0.39 is 42.1 Å². The summed E-state index contributed by atoms with van der Waals surface area (Å²) >= 11 is 0. The number of hydrogen-bond acceptors (Lipinski definition) is 9. The lowest BCUT2D eigenvalue weighted by molar-refractivity contribution is -0.173. The van der Waals surface area contributed by atoms with Crippen LogP contribution in [0.25, 0.3) is 0 Å². The van der Waals surface area contributed by atoms with Gasteiger partial charge in [0, 0.05) is 31.1 Å². The highest BCUT2D eigenvalue weighted by Gasteiger charge is 2.39. The molecule has 1 saturated heterocycles. The summed E-state index contributed by atoms with van der Waals surface area (Å²) in [5.74, 6) is 2.52. The Hall–Kier alpha value is -3.03. The molecular formula is C25H27F3N4O6S2. The highest BCUT2D eigenvalue weighted by molar-refractivity contribution is 8.76. The van der Waals surface area contributed by atoms with Gasteiger partial charge in [0.15, 0.2) is 5.82 Å². The SMILES string of the molecule is CSS[C@@H](C)OC1C[C@H](n2cc(C#CCCNC(=O)C(F)(F)F)c(NC(=O)c3ccccc3)nc2=O)O[C@@H]1CO. The lowest BCUT2D eigenvalue weighted by Crippen LogP contribution is -2.37. The fourth-order valence-electron chi connectivity index (χ4n) is 3.71. The van der Waals surface area contributed by atoms with Crippen molar-refractivity contribution in [2.75, 3.05) is 24.7 Å². The zero-order valence-electron chi connectivity index (χ0n) is 21.4. The van der Waals surface area contributed by atoms with E-state index in [1.54, 1.807) is 35.6 Å². The normalized spacial score (nSPS) is 19.4. The van der Waals surface area contributed by atoms with Gasteiger partial charge < -0.3 is 25.2 Å². The molecule has 0 saturated carbocycles. The number of rotatable bonds is 10. The molecule has 4 atom stereocenters. The molecule has 3 rings (SSSR count). The minimum Gasteiger partial charge on any atom is -0.394 e. The molecule has 0 bridgehead atoms. The third-order valence-corrected chi connectivity index (χ3v) is 7.47. The van der Waals surface area contributed by atoms with Crippen molar-refractivity contribution in [3.8, 4) is 11.8 Å². The van der Waals surface area contributed by atoms with Crippen LogP contribution in [0.15, 0.2) is 41.3 Å². The first-order valence-electron chi connectivity index (χ1n) is 12.0. The van der Waals surface area contributed by atoms with Crippen molar-refractivity contribution in [2.45, 2.75) is 49.8 Å². The predicted molar refractivity (Wildman–Crippen MR) is 145 cm³/mol. The number of amides is 2. The zero-order chi connectivity index (χ0) is 29.3. The number of aromatic nitrogens is 2. The molecule has 1 aliphatic heterocycles. The van der Waals surface area contributed by atoms with Crippen LogP contribution in [-0.4, -0.2) is 69.7 Å². The summed E-state index contributed by atoms with van der Waals surface area (Å²) in [6, 6.07) is 8.15. The van der Waals surface area contributed by atoms with Gasteiger partial charge in [0.25, 0.3) is 5.91 Å². The molecule has 1 aliphatic rings. The van der Waals surface area contributed by atoms with Crippen molar-refractivity contribution in [2.24, 2.45) is 0 Å². The van der Waals surface area contributed by atoms with E-state index in [2.05, 4.69) is 22.1 Å². The molecule has 1 aromatic carbocycles. The van der Waals surface area contributed by atoms with E-state index >= 15 is 0 Å². The molecule has 2 amide bonds. The van der Waals surface area contributed by atoms with Crippen LogP contribution in [0.1, 0.15) is 41.9 Å². The predicted octanol–water partition coefficient (Wildman–Crippen LogP) is 2.94. The monoisotopic (exact) mass is 600 g/mol. The molecular weight excluding hydrogens is 573 g/mol. The van der Waals surface area contributed by atoms with Crippen LogP contribution in [0.4, 0.5) is 19.0 Å². The lowest BCUT2D eigenvalue weighted by Gasteiger charge is -2.20. The van der Waals surface area contributed by atoms with Crippen LogP contribution in [0.5, 0.6) is 0 Å². The Kier molecular flexibility index (Phi) is 11.5. The number of nitrogens with one attached hydrogen (secondary N) is 2. The number of ether oxygens (including phenoxy) is 2. The van der Waals surface area contributed by atoms with Crippen molar-refractivity contribution in [3.05, 3.63) is 58.1 Å². The maximum atomic E-state index is 13.0. The van der Waals surface area contributed by atoms with Crippen molar-refractivity contribution < 1.29 is 37.3 Å². The van der Waals surface area contributed by atoms with Gasteiger partial charge in [0.2, 0.25) is 0 Å². The molecule has 1 unspecified atom stereocenters. The summed E-state index contributed by atoms with van der Waals surface area (Å²) in [6.45, 7) is 1.13. The first-order chi connectivity index (χ1) is 19.0. The number of aliphatic hydroxyl groups excluding tert-OH is 1. The molecule has 0 spiro atoms. The number of halogens is 3. The second-order valence-electron chi connectivity index (χ2n) is 8.37. The van der Waals surface area contributed by atoms with Gasteiger partial charge in [0.05, 0.1) is 18.3 Å². The first kappa shape index (κ1) is 31.5. The third kappa shape index (κ3) is 8.73. The Morgan fingerprint density at radius 2 is 2.05 bits per heavy atom. The average Bonchev–Trinajstić information content (AvgIpc) is 3.31. The van der Waals surface area contributed by atoms with Gasteiger partial charge in [-0.05, 0) is 25.3 Å². The summed E-state index contributed by atoms with van der Waals surface area (Å²) < 4.78 is 50.1. The number of benzene rings is 1. The summed E-state index contributed by atoms with van der Waals surface area (Å²) in [6.07, 6.45) is -3.80. The van der Waals surface area contributed by atoms with Gasteiger partial charge in [-0.25, -0.2) is 4.79 Å². The molecule has 1 fully saturated rings. The standard InChI is InChI=1S/C25H27F3N4O6S2/c1-15(40-39-2)37-18-12-20(38-19(18)14-33)32-13-17(10-6-7-11-29-23(35)25(26,27)28)21(31-24(32)36)30-22(34)16-8-4-3-5-9-16/h3-5,8-9,13,15,18-20,33H,7,11-12,14H2,1-2H3,(H,29,35)(H,30,31,34,36)/t15-,18?,19+,20+/m0/s1. The highest BCUT2D eigenvalue weighted by atomic mass is 33.1. The van der Waals surface area contributed by atoms with Crippen LogP contribution in [0.2, 0.25) is 0 Å². The van der Waals surface area contributed by atoms with Gasteiger partial charge in [0.1, 0.15) is 17.8 Å². The number of carbonyl (C=O) groups is 2. The van der Waals surface area contributed by atoms with Crippen molar-refractivity contribution in [1.82, 2.24) is 14.9 Å². The van der Waals surface area contributed by atoms with Crippen LogP contribution < -0.4 is 16.3 Å². The van der Waals surface area contributed by atoms with Gasteiger partial charge in [-0.15, -0.1) is 0 Å². The van der Waals surface area contributed by atoms with Crippen molar-refractivity contribution >= 4 is 39.2 Å². The number of hydrogen-bond donors (Lipinski definition) is 3. The number of alkyl halides is 3. The number of nitrogens with zero attached hydrogens (tertiary/aromatic N) is 2. The minimum absolute atomic E-state index is 0.0888. The largest absolute Gasteiger partial charge is 0.471 e. The summed E-state index contributed by atoms with van der Waals surface area (Å²) in [4.78, 5) is 40.7. The second-order valence-corrected chi connectivity index (χ2v) is 11.1. The van der Waals surface area contributed by atoms with E-state index in [0.29, 0.717) is 5.56 Å². The van der Waals surface area contributed by atoms with E-state index in [0.717, 1.165) is 4.57 Å². The Bertz CT molecular complexity index is 1300. The number of aliphatic hydroxyl groups is 1. The average molecular weight is 601 g/mol. The van der Waals surface area contributed by atoms with Crippen LogP contribution in [-0.2, 0) is 14.3 Å². The summed E-state index contributed by atoms with van der Waals surface area (Å²) in [7, 11) is 3.00. The third-order valence-electron chi connectivity index (χ3n) is 5.50. The molecule has 0 radical (unpaired) electrons. The highest BCUT2D eigenvalue weighted by Crippen LogP contribution is 2.34. The fourth-order valence-corrected chi connectivity index (χ4v) is 5.12.